The maximum absolute atomic E-state index is 13.2. The number of urea groups is 1. The van der Waals surface area contributed by atoms with Gasteiger partial charge >= 0.3 is 12.2 Å². The molecular weight excluding hydrogens is 493 g/mol. The molecule has 4 amide bonds. The lowest BCUT2D eigenvalue weighted by Gasteiger charge is -2.34. The minimum Gasteiger partial charge on any atom is -0.488 e. The lowest BCUT2D eigenvalue weighted by Crippen LogP contribution is -2.49. The molecule has 0 bridgehead atoms. The molecule has 1 aromatic carbocycles. The maximum Gasteiger partial charge on any atom is 0.389 e. The largest absolute Gasteiger partial charge is 0.488 e. The number of carbonyl (C=O) groups excluding carboxylic acids is 3. The van der Waals surface area contributed by atoms with Crippen molar-refractivity contribution in [3.8, 4) is 5.75 Å². The van der Waals surface area contributed by atoms with Crippen LogP contribution < -0.4 is 15.4 Å². The van der Waals surface area contributed by atoms with Crippen LogP contribution in [-0.4, -0.2) is 83.9 Å². The van der Waals surface area contributed by atoms with Crippen molar-refractivity contribution < 1.29 is 37.4 Å². The molecular formula is C25H37F3N4O5. The number of aliphatic hydroxyl groups excluding tert-OH is 1. The summed E-state index contributed by atoms with van der Waals surface area (Å²) in [6.07, 6.45) is -7.03. The standard InChI is InChI=1S/C25H37F3N4O5/c1-15(2)29-24(36)31(5)13-21-16(3)12-32(17(4)14-33)23(35)11-18-10-19(6-7-20(18)37-21)30-22(34)8-9-25(26,27)28/h6-7,10,15-17,21,33H,8-9,11-14H2,1-5H3,(H,29,36)(H,30,34)/t16-,17-,21+/m0/s1. The summed E-state index contributed by atoms with van der Waals surface area (Å²) >= 11 is 0. The van der Waals surface area contributed by atoms with E-state index in [-0.39, 0.29) is 55.7 Å². The van der Waals surface area contributed by atoms with E-state index in [0.717, 1.165) is 0 Å². The van der Waals surface area contributed by atoms with Crippen LogP contribution in [0.5, 0.6) is 5.75 Å². The van der Waals surface area contributed by atoms with Gasteiger partial charge in [-0.15, -0.1) is 0 Å². The van der Waals surface area contributed by atoms with Gasteiger partial charge in [0.2, 0.25) is 11.8 Å². The minimum absolute atomic E-state index is 0.0576. The van der Waals surface area contributed by atoms with Crippen LogP contribution in [-0.2, 0) is 16.0 Å². The van der Waals surface area contributed by atoms with Crippen LogP contribution in [0.2, 0.25) is 0 Å². The van der Waals surface area contributed by atoms with Gasteiger partial charge in [-0.25, -0.2) is 4.79 Å². The van der Waals surface area contributed by atoms with E-state index in [1.807, 2.05) is 20.8 Å². The molecule has 0 spiro atoms. The fourth-order valence-corrected chi connectivity index (χ4v) is 3.91. The van der Waals surface area contributed by atoms with Crippen molar-refractivity contribution in [2.75, 3.05) is 32.1 Å². The van der Waals surface area contributed by atoms with Crippen LogP contribution in [0.4, 0.5) is 23.7 Å². The summed E-state index contributed by atoms with van der Waals surface area (Å²) in [5, 5.41) is 15.0. The van der Waals surface area contributed by atoms with E-state index >= 15 is 0 Å². The van der Waals surface area contributed by atoms with E-state index in [2.05, 4.69) is 10.6 Å². The molecule has 0 aromatic heterocycles. The number of fused-ring (bicyclic) bond motifs is 1. The number of amides is 4. The van der Waals surface area contributed by atoms with E-state index < -0.39 is 37.1 Å². The molecule has 0 fully saturated rings. The number of likely N-dealkylation sites (N-methyl/N-ethyl adjacent to an activating group) is 1. The zero-order valence-electron chi connectivity index (χ0n) is 21.9. The number of aliphatic hydroxyl groups is 1. The summed E-state index contributed by atoms with van der Waals surface area (Å²) < 4.78 is 43.7. The summed E-state index contributed by atoms with van der Waals surface area (Å²) in [7, 11) is 1.64. The Balaban J connectivity index is 2.34. The molecule has 208 valence electrons. The van der Waals surface area contributed by atoms with Gasteiger partial charge in [-0.2, -0.15) is 13.2 Å². The molecule has 0 saturated carbocycles. The maximum atomic E-state index is 13.2. The first kappa shape index (κ1) is 30.2. The first-order chi connectivity index (χ1) is 17.2. The number of nitrogens with zero attached hydrogens (tertiary/aromatic N) is 2. The van der Waals surface area contributed by atoms with Crippen molar-refractivity contribution in [1.29, 1.82) is 0 Å². The van der Waals surface area contributed by atoms with Crippen LogP contribution >= 0.6 is 0 Å². The molecule has 2 rings (SSSR count). The Morgan fingerprint density at radius 1 is 1.27 bits per heavy atom. The number of alkyl halides is 3. The topological polar surface area (TPSA) is 111 Å². The van der Waals surface area contributed by atoms with Crippen molar-refractivity contribution >= 4 is 23.5 Å². The normalized spacial score (nSPS) is 19.2. The second kappa shape index (κ2) is 13.0. The number of halogens is 3. The third-order valence-electron chi connectivity index (χ3n) is 6.05. The van der Waals surface area contributed by atoms with E-state index in [1.54, 1.807) is 24.9 Å². The average molecular weight is 531 g/mol. The molecule has 0 aliphatic carbocycles. The Morgan fingerprint density at radius 3 is 2.54 bits per heavy atom. The molecule has 37 heavy (non-hydrogen) atoms. The van der Waals surface area contributed by atoms with Crippen molar-refractivity contribution in [3.05, 3.63) is 23.8 Å². The lowest BCUT2D eigenvalue weighted by molar-refractivity contribution is -0.142. The summed E-state index contributed by atoms with van der Waals surface area (Å²) in [5.74, 6) is -0.924. The summed E-state index contributed by atoms with van der Waals surface area (Å²) in [5.41, 5.74) is 0.670. The SMILES string of the molecule is CC(C)NC(=O)N(C)C[C@H]1Oc2ccc(NC(=O)CCC(F)(F)F)cc2CC(=O)N([C@@H](C)CO)C[C@@H]1C. The van der Waals surface area contributed by atoms with Gasteiger partial charge in [0.05, 0.1) is 32.0 Å². The third kappa shape index (κ3) is 9.42. The first-order valence-corrected chi connectivity index (χ1v) is 12.3. The van der Waals surface area contributed by atoms with Crippen LogP contribution in [0, 0.1) is 5.92 Å². The smallest absolute Gasteiger partial charge is 0.389 e. The van der Waals surface area contributed by atoms with Crippen molar-refractivity contribution in [2.45, 2.75) is 71.3 Å². The second-order valence-electron chi connectivity index (χ2n) is 9.86. The molecule has 3 N–H and O–H groups in total. The Hall–Kier alpha value is -3.02. The van der Waals surface area contributed by atoms with Crippen LogP contribution in [0.15, 0.2) is 18.2 Å². The molecule has 1 aliphatic heterocycles. The summed E-state index contributed by atoms with van der Waals surface area (Å²) in [4.78, 5) is 40.8. The third-order valence-corrected chi connectivity index (χ3v) is 6.05. The predicted octanol–water partition coefficient (Wildman–Crippen LogP) is 3.17. The van der Waals surface area contributed by atoms with Crippen LogP contribution in [0.1, 0.15) is 46.1 Å². The Labute approximate surface area is 215 Å². The first-order valence-electron chi connectivity index (χ1n) is 12.3. The van der Waals surface area contributed by atoms with Gasteiger partial charge in [0.15, 0.2) is 0 Å². The minimum atomic E-state index is -4.44. The van der Waals surface area contributed by atoms with Gasteiger partial charge in [0.1, 0.15) is 11.9 Å². The molecule has 1 aliphatic rings. The number of nitrogens with one attached hydrogen (secondary N) is 2. The van der Waals surface area contributed by atoms with E-state index in [9.17, 15) is 32.7 Å². The fraction of sp³-hybridized carbons (Fsp3) is 0.640. The Morgan fingerprint density at radius 2 is 1.95 bits per heavy atom. The number of benzene rings is 1. The number of rotatable bonds is 8. The monoisotopic (exact) mass is 530 g/mol. The molecule has 0 radical (unpaired) electrons. The molecule has 12 heteroatoms. The summed E-state index contributed by atoms with van der Waals surface area (Å²) in [6.45, 7) is 7.55. The van der Waals surface area contributed by atoms with Crippen molar-refractivity contribution in [2.24, 2.45) is 5.92 Å². The van der Waals surface area contributed by atoms with Gasteiger partial charge in [0, 0.05) is 43.2 Å². The zero-order valence-corrected chi connectivity index (χ0v) is 21.9. The molecule has 3 atom stereocenters. The Kier molecular flexibility index (Phi) is 10.6. The number of ether oxygens (including phenoxy) is 1. The highest BCUT2D eigenvalue weighted by molar-refractivity contribution is 5.91. The van der Waals surface area contributed by atoms with Crippen molar-refractivity contribution in [1.82, 2.24) is 15.1 Å². The Bertz CT molecular complexity index is 957. The van der Waals surface area contributed by atoms with Gasteiger partial charge in [-0.05, 0) is 39.0 Å². The molecule has 1 heterocycles. The van der Waals surface area contributed by atoms with E-state index in [4.69, 9.17) is 4.74 Å². The van der Waals surface area contributed by atoms with Gasteiger partial charge in [-0.1, -0.05) is 6.92 Å². The van der Waals surface area contributed by atoms with E-state index in [0.29, 0.717) is 11.3 Å². The van der Waals surface area contributed by atoms with Gasteiger partial charge < -0.3 is 30.3 Å². The zero-order chi connectivity index (χ0) is 27.9. The molecule has 0 saturated heterocycles. The van der Waals surface area contributed by atoms with Crippen LogP contribution in [0.25, 0.3) is 0 Å². The van der Waals surface area contributed by atoms with Crippen molar-refractivity contribution in [3.63, 3.8) is 0 Å². The highest BCUT2D eigenvalue weighted by atomic mass is 19.4. The highest BCUT2D eigenvalue weighted by Crippen LogP contribution is 2.29. The van der Waals surface area contributed by atoms with E-state index in [1.165, 1.54) is 17.0 Å². The lowest BCUT2D eigenvalue weighted by atomic mass is 10.0. The second-order valence-corrected chi connectivity index (χ2v) is 9.86. The number of carbonyl (C=O) groups is 3. The fourth-order valence-electron chi connectivity index (χ4n) is 3.91. The average Bonchev–Trinajstić information content (AvgIpc) is 2.84. The quantitative estimate of drug-likeness (QED) is 0.478. The highest BCUT2D eigenvalue weighted by Gasteiger charge is 2.32. The number of hydrogen-bond acceptors (Lipinski definition) is 5. The van der Waals surface area contributed by atoms with Gasteiger partial charge in [-0.3, -0.25) is 9.59 Å². The van der Waals surface area contributed by atoms with Gasteiger partial charge in [0.25, 0.3) is 0 Å². The molecule has 9 nitrogen and oxygen atoms in total. The number of anilines is 1. The predicted molar refractivity (Wildman–Crippen MR) is 132 cm³/mol. The molecule has 0 unspecified atom stereocenters. The molecule has 1 aromatic rings. The number of hydrogen-bond donors (Lipinski definition) is 3. The summed E-state index contributed by atoms with van der Waals surface area (Å²) in [6, 6.07) is 3.75. The van der Waals surface area contributed by atoms with Crippen LogP contribution in [0.3, 0.4) is 0 Å².